The molecule has 9 heavy (non-hydrogen) atoms. The van der Waals surface area contributed by atoms with E-state index in [0.717, 1.165) is 0 Å². The molecule has 1 unspecified atom stereocenters. The zero-order valence-electron chi connectivity index (χ0n) is 5.10. The van der Waals surface area contributed by atoms with Gasteiger partial charge in [0.1, 0.15) is 4.87 Å². The van der Waals surface area contributed by atoms with Gasteiger partial charge in [0.15, 0.2) is 5.78 Å². The summed E-state index contributed by atoms with van der Waals surface area (Å²) in [6.07, 6.45) is 6.62. The van der Waals surface area contributed by atoms with Gasteiger partial charge in [0.25, 0.3) is 0 Å². The summed E-state index contributed by atoms with van der Waals surface area (Å²) in [5.74, 6) is -0.0494. The predicted octanol–water partition coefficient (Wildman–Crippen LogP) is 1.68. The van der Waals surface area contributed by atoms with E-state index in [0.29, 0.717) is 0 Å². The van der Waals surface area contributed by atoms with Crippen LogP contribution in [0.2, 0.25) is 0 Å². The van der Waals surface area contributed by atoms with Crippen LogP contribution >= 0.6 is 11.6 Å². The fraction of sp³-hybridized carbons (Fsp3) is 0.286. The molecule has 0 amide bonds. The number of halogens is 1. The molecule has 1 aliphatic carbocycles. The Morgan fingerprint density at radius 1 is 1.56 bits per heavy atom. The molecule has 0 aliphatic heterocycles. The molecule has 0 fully saturated rings. The molecule has 0 bridgehead atoms. The van der Waals surface area contributed by atoms with Crippen molar-refractivity contribution in [2.45, 2.75) is 11.8 Å². The first-order valence-corrected chi connectivity index (χ1v) is 3.10. The summed E-state index contributed by atoms with van der Waals surface area (Å²) in [6.45, 7) is 1.68. The monoisotopic (exact) mass is 142 g/mol. The van der Waals surface area contributed by atoms with Crippen LogP contribution < -0.4 is 0 Å². The van der Waals surface area contributed by atoms with Crippen molar-refractivity contribution in [2.24, 2.45) is 0 Å². The molecule has 1 aliphatic rings. The minimum Gasteiger partial charge on any atom is -0.292 e. The van der Waals surface area contributed by atoms with E-state index in [1.807, 2.05) is 0 Å². The molecule has 0 heterocycles. The van der Waals surface area contributed by atoms with Crippen molar-refractivity contribution >= 4 is 17.4 Å². The van der Waals surface area contributed by atoms with Crippen LogP contribution in [0, 0.1) is 0 Å². The van der Waals surface area contributed by atoms with E-state index < -0.39 is 4.87 Å². The molecule has 0 spiro atoms. The lowest BCUT2D eigenvalue weighted by Crippen LogP contribution is -2.25. The lowest BCUT2D eigenvalue weighted by Gasteiger charge is -2.14. The molecule has 0 saturated heterocycles. The highest BCUT2D eigenvalue weighted by Gasteiger charge is 2.25. The third kappa shape index (κ3) is 1.22. The highest BCUT2D eigenvalue weighted by Crippen LogP contribution is 2.20. The van der Waals surface area contributed by atoms with E-state index in [2.05, 4.69) is 0 Å². The van der Waals surface area contributed by atoms with Crippen LogP contribution in [0.5, 0.6) is 0 Å². The van der Waals surface area contributed by atoms with Crippen molar-refractivity contribution in [3.63, 3.8) is 0 Å². The van der Waals surface area contributed by atoms with E-state index >= 15 is 0 Å². The van der Waals surface area contributed by atoms with E-state index in [4.69, 9.17) is 11.6 Å². The number of carbonyl (C=O) groups is 1. The molecule has 0 aromatic rings. The maximum atomic E-state index is 10.8. The molecule has 0 saturated carbocycles. The third-order valence-corrected chi connectivity index (χ3v) is 1.56. The Morgan fingerprint density at radius 3 is 2.56 bits per heavy atom. The van der Waals surface area contributed by atoms with Crippen LogP contribution in [0.1, 0.15) is 6.92 Å². The largest absolute Gasteiger partial charge is 0.292 e. The van der Waals surface area contributed by atoms with Crippen LogP contribution in [-0.2, 0) is 4.79 Å². The second kappa shape index (κ2) is 1.99. The fourth-order valence-electron chi connectivity index (χ4n) is 0.624. The molecular formula is C7H7ClO. The number of ketones is 1. The quantitative estimate of drug-likeness (QED) is 0.471. The molecule has 0 aromatic heterocycles. The number of carbonyl (C=O) groups excluding carboxylic acids is 1. The third-order valence-electron chi connectivity index (χ3n) is 1.25. The van der Waals surface area contributed by atoms with Crippen LogP contribution in [-0.4, -0.2) is 10.7 Å². The van der Waals surface area contributed by atoms with Gasteiger partial charge in [0.2, 0.25) is 0 Å². The van der Waals surface area contributed by atoms with Crippen molar-refractivity contribution in [1.82, 2.24) is 0 Å². The normalized spacial score (nSPS) is 33.3. The summed E-state index contributed by atoms with van der Waals surface area (Å²) < 4.78 is 0. The number of hydrogen-bond acceptors (Lipinski definition) is 1. The first kappa shape index (κ1) is 6.56. The lowest BCUT2D eigenvalue weighted by atomic mass is 10.0. The van der Waals surface area contributed by atoms with E-state index in [1.54, 1.807) is 25.2 Å². The summed E-state index contributed by atoms with van der Waals surface area (Å²) in [5.41, 5.74) is 0. The zero-order valence-corrected chi connectivity index (χ0v) is 5.85. The Bertz CT molecular complexity index is 189. The van der Waals surface area contributed by atoms with Crippen LogP contribution in [0.3, 0.4) is 0 Å². The SMILES string of the molecule is CC1(Cl)C=CC=CC1=O. The topological polar surface area (TPSA) is 17.1 Å². The number of allylic oxidation sites excluding steroid dienone is 4. The molecule has 1 rings (SSSR count). The molecular weight excluding hydrogens is 136 g/mol. The van der Waals surface area contributed by atoms with Crippen molar-refractivity contribution in [3.05, 3.63) is 24.3 Å². The molecule has 0 N–H and O–H groups in total. The molecule has 48 valence electrons. The van der Waals surface area contributed by atoms with E-state index in [-0.39, 0.29) is 5.78 Å². The summed E-state index contributed by atoms with van der Waals surface area (Å²) in [7, 11) is 0. The molecule has 0 radical (unpaired) electrons. The van der Waals surface area contributed by atoms with Crippen LogP contribution in [0.15, 0.2) is 24.3 Å². The predicted molar refractivity (Wildman–Crippen MR) is 37.5 cm³/mol. The van der Waals surface area contributed by atoms with Gasteiger partial charge in [0, 0.05) is 0 Å². The Hall–Kier alpha value is -0.560. The minimum atomic E-state index is -0.797. The van der Waals surface area contributed by atoms with E-state index in [9.17, 15) is 4.79 Å². The van der Waals surface area contributed by atoms with Crippen molar-refractivity contribution in [2.75, 3.05) is 0 Å². The minimum absolute atomic E-state index is 0.0494. The molecule has 1 atom stereocenters. The first-order valence-electron chi connectivity index (χ1n) is 2.72. The first-order chi connectivity index (χ1) is 4.13. The van der Waals surface area contributed by atoms with Gasteiger partial charge in [0.05, 0.1) is 0 Å². The highest BCUT2D eigenvalue weighted by molar-refractivity contribution is 6.38. The Morgan fingerprint density at radius 2 is 2.22 bits per heavy atom. The van der Waals surface area contributed by atoms with Gasteiger partial charge < -0.3 is 0 Å². The van der Waals surface area contributed by atoms with Gasteiger partial charge in [-0.05, 0) is 13.0 Å². The lowest BCUT2D eigenvalue weighted by molar-refractivity contribution is -0.115. The van der Waals surface area contributed by atoms with Crippen molar-refractivity contribution < 1.29 is 4.79 Å². The highest BCUT2D eigenvalue weighted by atomic mass is 35.5. The molecule has 0 aromatic carbocycles. The maximum absolute atomic E-state index is 10.8. The Kier molecular flexibility index (Phi) is 1.45. The Labute approximate surface area is 59.0 Å². The smallest absolute Gasteiger partial charge is 0.180 e. The van der Waals surface area contributed by atoms with Crippen molar-refractivity contribution in [1.29, 1.82) is 0 Å². The van der Waals surface area contributed by atoms with Gasteiger partial charge in [-0.3, -0.25) is 4.79 Å². The van der Waals surface area contributed by atoms with E-state index in [1.165, 1.54) is 6.08 Å². The van der Waals surface area contributed by atoms with Gasteiger partial charge in [-0.15, -0.1) is 11.6 Å². The summed E-state index contributed by atoms with van der Waals surface area (Å²) in [4.78, 5) is 10.0. The van der Waals surface area contributed by atoms with Gasteiger partial charge in [-0.1, -0.05) is 18.2 Å². The summed E-state index contributed by atoms with van der Waals surface area (Å²) in [6, 6.07) is 0. The Balaban J connectivity index is 2.91. The van der Waals surface area contributed by atoms with Crippen LogP contribution in [0.25, 0.3) is 0 Å². The maximum Gasteiger partial charge on any atom is 0.180 e. The number of alkyl halides is 1. The average Bonchev–Trinajstić information content (AvgIpc) is 1.77. The van der Waals surface area contributed by atoms with Crippen molar-refractivity contribution in [3.8, 4) is 0 Å². The van der Waals surface area contributed by atoms with Gasteiger partial charge in [-0.2, -0.15) is 0 Å². The zero-order chi connectivity index (χ0) is 6.91. The molecule has 1 nitrogen and oxygen atoms in total. The summed E-state index contributed by atoms with van der Waals surface area (Å²) in [5, 5.41) is 0. The average molecular weight is 143 g/mol. The second-order valence-corrected chi connectivity index (χ2v) is 2.94. The number of hydrogen-bond donors (Lipinski definition) is 0. The second-order valence-electron chi connectivity index (χ2n) is 2.16. The standard InChI is InChI=1S/C7H7ClO/c1-7(8)5-3-2-4-6(7)9/h2-5H,1H3. The van der Waals surface area contributed by atoms with Gasteiger partial charge in [-0.25, -0.2) is 0 Å². The number of rotatable bonds is 0. The summed E-state index contributed by atoms with van der Waals surface area (Å²) >= 11 is 5.73. The fourth-order valence-corrected chi connectivity index (χ4v) is 0.760. The molecule has 2 heteroatoms. The van der Waals surface area contributed by atoms with Crippen LogP contribution in [0.4, 0.5) is 0 Å². The van der Waals surface area contributed by atoms with Gasteiger partial charge >= 0.3 is 0 Å².